The smallest absolute Gasteiger partial charge is 0.120 e. The third kappa shape index (κ3) is 3.39. The van der Waals surface area contributed by atoms with Gasteiger partial charge in [-0.2, -0.15) is 0 Å². The Kier molecular flexibility index (Phi) is 5.05. The van der Waals surface area contributed by atoms with Gasteiger partial charge in [-0.25, -0.2) is 0 Å². The van der Waals surface area contributed by atoms with Crippen LogP contribution in [0.3, 0.4) is 0 Å². The minimum atomic E-state index is 0.329. The van der Waals surface area contributed by atoms with E-state index < -0.39 is 0 Å². The van der Waals surface area contributed by atoms with Gasteiger partial charge in [0.05, 0.1) is 13.2 Å². The molecule has 1 aliphatic heterocycles. The van der Waals surface area contributed by atoms with Crippen molar-refractivity contribution in [3.8, 4) is 5.75 Å². The molecule has 0 bridgehead atoms. The summed E-state index contributed by atoms with van der Waals surface area (Å²) in [6, 6.07) is 6.10. The van der Waals surface area contributed by atoms with Crippen molar-refractivity contribution in [1.82, 2.24) is 0 Å². The molecule has 1 unspecified atom stereocenters. The molecule has 19 heavy (non-hydrogen) atoms. The van der Waals surface area contributed by atoms with Crippen molar-refractivity contribution in [2.75, 3.05) is 31.7 Å². The molecule has 0 aliphatic carbocycles. The second-order valence-electron chi connectivity index (χ2n) is 4.86. The monoisotopic (exact) mass is 264 g/mol. The molecule has 1 saturated heterocycles. The lowest BCUT2D eigenvalue weighted by Gasteiger charge is -2.35. The van der Waals surface area contributed by atoms with Crippen molar-refractivity contribution in [2.45, 2.75) is 32.4 Å². The highest BCUT2D eigenvalue weighted by Crippen LogP contribution is 2.29. The fourth-order valence-corrected chi connectivity index (χ4v) is 2.67. The number of piperidine rings is 1. The summed E-state index contributed by atoms with van der Waals surface area (Å²) in [5.74, 6) is 0.880. The highest BCUT2D eigenvalue weighted by Gasteiger charge is 2.22. The van der Waals surface area contributed by atoms with Crippen molar-refractivity contribution in [1.29, 1.82) is 0 Å². The highest BCUT2D eigenvalue weighted by atomic mass is 16.5. The van der Waals surface area contributed by atoms with E-state index in [2.05, 4.69) is 24.0 Å². The van der Waals surface area contributed by atoms with Crippen molar-refractivity contribution < 1.29 is 9.47 Å². The Morgan fingerprint density at radius 1 is 1.42 bits per heavy atom. The summed E-state index contributed by atoms with van der Waals surface area (Å²) in [5, 5.41) is 0. The number of hydrogen-bond donors (Lipinski definition) is 1. The highest BCUT2D eigenvalue weighted by molar-refractivity contribution is 5.57. The number of anilines is 1. The number of nitrogens with zero attached hydrogens (tertiary/aromatic N) is 1. The van der Waals surface area contributed by atoms with Gasteiger partial charge in [0.15, 0.2) is 0 Å². The molecule has 1 aliphatic rings. The van der Waals surface area contributed by atoms with E-state index in [9.17, 15) is 0 Å². The molecule has 4 heteroatoms. The Labute approximate surface area is 115 Å². The van der Waals surface area contributed by atoms with E-state index in [0.29, 0.717) is 12.6 Å². The molecule has 0 radical (unpaired) electrons. The molecule has 0 spiro atoms. The van der Waals surface area contributed by atoms with Gasteiger partial charge in [-0.05, 0) is 31.4 Å². The Balaban J connectivity index is 2.19. The Hall–Kier alpha value is -1.26. The Morgan fingerprint density at radius 2 is 2.26 bits per heavy atom. The van der Waals surface area contributed by atoms with Gasteiger partial charge in [-0.3, -0.25) is 0 Å². The van der Waals surface area contributed by atoms with E-state index in [1.54, 1.807) is 7.11 Å². The number of benzene rings is 1. The maximum Gasteiger partial charge on any atom is 0.120 e. The van der Waals surface area contributed by atoms with Gasteiger partial charge in [0.25, 0.3) is 0 Å². The molecule has 2 rings (SSSR count). The first-order valence-corrected chi connectivity index (χ1v) is 7.02. The Morgan fingerprint density at radius 3 is 2.95 bits per heavy atom. The molecule has 2 N–H and O–H groups in total. The molecule has 1 atom stereocenters. The van der Waals surface area contributed by atoms with Crippen molar-refractivity contribution in [3.05, 3.63) is 23.8 Å². The third-order valence-corrected chi connectivity index (χ3v) is 3.63. The van der Waals surface area contributed by atoms with Gasteiger partial charge in [-0.1, -0.05) is 6.07 Å². The summed E-state index contributed by atoms with van der Waals surface area (Å²) in [7, 11) is 1.69. The molecular weight excluding hydrogens is 240 g/mol. The summed E-state index contributed by atoms with van der Waals surface area (Å²) in [6.07, 6.45) is 2.63. The molecule has 106 valence electrons. The van der Waals surface area contributed by atoms with E-state index >= 15 is 0 Å². The van der Waals surface area contributed by atoms with Crippen LogP contribution in [-0.2, 0) is 11.3 Å². The quantitative estimate of drug-likeness (QED) is 0.885. The van der Waals surface area contributed by atoms with Gasteiger partial charge in [0.2, 0.25) is 0 Å². The number of hydrogen-bond acceptors (Lipinski definition) is 4. The predicted octanol–water partition coefficient (Wildman–Crippen LogP) is 2.16. The fourth-order valence-electron chi connectivity index (χ4n) is 2.67. The van der Waals surface area contributed by atoms with Gasteiger partial charge < -0.3 is 20.1 Å². The number of rotatable bonds is 5. The molecule has 1 fully saturated rings. The van der Waals surface area contributed by atoms with Crippen LogP contribution in [0.25, 0.3) is 0 Å². The van der Waals surface area contributed by atoms with E-state index in [4.69, 9.17) is 15.2 Å². The SMILES string of the molecule is CCOC1CCCN(c2cc(OC)ccc2CN)C1. The predicted molar refractivity (Wildman–Crippen MR) is 77.7 cm³/mol. The molecule has 0 amide bonds. The minimum absolute atomic E-state index is 0.329. The molecule has 1 aromatic rings. The lowest BCUT2D eigenvalue weighted by atomic mass is 10.0. The van der Waals surface area contributed by atoms with E-state index in [1.807, 2.05) is 6.07 Å². The largest absolute Gasteiger partial charge is 0.497 e. The van der Waals surface area contributed by atoms with Crippen LogP contribution in [0.15, 0.2) is 18.2 Å². The third-order valence-electron chi connectivity index (χ3n) is 3.63. The Bertz CT molecular complexity index is 407. The van der Waals surface area contributed by atoms with Crippen LogP contribution in [0, 0.1) is 0 Å². The minimum Gasteiger partial charge on any atom is -0.497 e. The van der Waals surface area contributed by atoms with Gasteiger partial charge >= 0.3 is 0 Å². The van der Waals surface area contributed by atoms with Crippen LogP contribution < -0.4 is 15.4 Å². The molecule has 0 saturated carbocycles. The zero-order chi connectivity index (χ0) is 13.7. The van der Waals surface area contributed by atoms with E-state index in [-0.39, 0.29) is 0 Å². The lowest BCUT2D eigenvalue weighted by molar-refractivity contribution is 0.0526. The van der Waals surface area contributed by atoms with Crippen molar-refractivity contribution >= 4 is 5.69 Å². The maximum absolute atomic E-state index is 5.84. The fraction of sp³-hybridized carbons (Fsp3) is 0.600. The normalized spacial score (nSPS) is 19.5. The number of nitrogens with two attached hydrogens (primary N) is 1. The molecular formula is C15H24N2O2. The van der Waals surface area contributed by atoms with Gasteiger partial charge in [0, 0.05) is 38.0 Å². The molecule has 1 aromatic carbocycles. The first-order chi connectivity index (χ1) is 9.28. The number of methoxy groups -OCH3 is 1. The summed E-state index contributed by atoms with van der Waals surface area (Å²) >= 11 is 0. The van der Waals surface area contributed by atoms with Crippen LogP contribution >= 0.6 is 0 Å². The molecule has 0 aromatic heterocycles. The van der Waals surface area contributed by atoms with E-state index in [0.717, 1.165) is 43.9 Å². The average molecular weight is 264 g/mol. The average Bonchev–Trinajstić information content (AvgIpc) is 2.47. The van der Waals surface area contributed by atoms with Crippen LogP contribution in [-0.4, -0.2) is 32.9 Å². The summed E-state index contributed by atoms with van der Waals surface area (Å²) < 4.78 is 11.1. The second kappa shape index (κ2) is 6.78. The van der Waals surface area contributed by atoms with Gasteiger partial charge in [0.1, 0.15) is 5.75 Å². The van der Waals surface area contributed by atoms with Crippen LogP contribution in [0.2, 0.25) is 0 Å². The van der Waals surface area contributed by atoms with Gasteiger partial charge in [-0.15, -0.1) is 0 Å². The number of ether oxygens (including phenoxy) is 2. The van der Waals surface area contributed by atoms with Crippen LogP contribution in [0.1, 0.15) is 25.3 Å². The second-order valence-corrected chi connectivity index (χ2v) is 4.86. The van der Waals surface area contributed by atoms with Crippen LogP contribution in [0.5, 0.6) is 5.75 Å². The maximum atomic E-state index is 5.84. The molecule has 4 nitrogen and oxygen atoms in total. The first kappa shape index (κ1) is 14.2. The van der Waals surface area contributed by atoms with Crippen molar-refractivity contribution in [3.63, 3.8) is 0 Å². The van der Waals surface area contributed by atoms with Crippen molar-refractivity contribution in [2.24, 2.45) is 5.73 Å². The zero-order valence-electron chi connectivity index (χ0n) is 11.9. The summed E-state index contributed by atoms with van der Waals surface area (Å²) in [5.41, 5.74) is 8.19. The summed E-state index contributed by atoms with van der Waals surface area (Å²) in [6.45, 7) is 5.38. The zero-order valence-corrected chi connectivity index (χ0v) is 11.9. The standard InChI is InChI=1S/C15H24N2O2/c1-3-19-14-5-4-8-17(11-14)15-9-13(18-2)7-6-12(15)10-16/h6-7,9,14H,3-5,8,10-11,16H2,1-2H3. The first-order valence-electron chi connectivity index (χ1n) is 7.02. The van der Waals surface area contributed by atoms with Crippen LogP contribution in [0.4, 0.5) is 5.69 Å². The summed E-state index contributed by atoms with van der Waals surface area (Å²) in [4.78, 5) is 2.37. The van der Waals surface area contributed by atoms with E-state index in [1.165, 1.54) is 5.69 Å². The topological polar surface area (TPSA) is 47.7 Å². The molecule has 1 heterocycles. The lowest BCUT2D eigenvalue weighted by Crippen LogP contribution is -2.40.